The third kappa shape index (κ3) is 3.29. The number of esters is 1. The Bertz CT molecular complexity index is 393. The van der Waals surface area contributed by atoms with Crippen LogP contribution in [-0.2, 0) is 9.53 Å². The molecule has 1 amide bonds. The Morgan fingerprint density at radius 3 is 2.81 bits per heavy atom. The van der Waals surface area contributed by atoms with E-state index in [0.717, 1.165) is 3.79 Å². The molecule has 0 aromatic carbocycles. The number of carbonyl (C=O) groups is 2. The number of hydrogen-bond acceptors (Lipinski definition) is 5. The fraction of sp³-hybridized carbons (Fsp3) is 0.333. The molecule has 1 atom stereocenters. The Balaban J connectivity index is 2.66. The average molecular weight is 308 g/mol. The lowest BCUT2D eigenvalue weighted by Crippen LogP contribution is -2.43. The molecule has 0 spiro atoms. The van der Waals surface area contributed by atoms with Gasteiger partial charge in [-0.1, -0.05) is 0 Å². The fourth-order valence-corrected chi connectivity index (χ4v) is 2.13. The van der Waals surface area contributed by atoms with Crippen LogP contribution in [0.15, 0.2) is 15.2 Å². The minimum absolute atomic E-state index is 0.425. The second kappa shape index (κ2) is 5.97. The van der Waals surface area contributed by atoms with Crippen LogP contribution >= 0.6 is 27.3 Å². The van der Waals surface area contributed by atoms with Gasteiger partial charge in [-0.2, -0.15) is 0 Å². The molecule has 1 unspecified atom stereocenters. The van der Waals surface area contributed by atoms with Crippen molar-refractivity contribution >= 4 is 39.1 Å². The summed E-state index contributed by atoms with van der Waals surface area (Å²) in [6.07, 6.45) is 0. The third-order valence-electron chi connectivity index (χ3n) is 1.80. The third-order valence-corrected chi connectivity index (χ3v) is 3.31. The SMILES string of the molecule is COC(=O)C(CO)NC(=O)c1csc(Br)c1. The number of carbonyl (C=O) groups excluding carboxylic acids is 2. The number of rotatable bonds is 4. The molecule has 0 bridgehead atoms. The van der Waals surface area contributed by atoms with Gasteiger partial charge in [-0.3, -0.25) is 4.79 Å². The molecule has 2 N–H and O–H groups in total. The number of methoxy groups -OCH3 is 1. The van der Waals surface area contributed by atoms with Gasteiger partial charge in [0, 0.05) is 5.38 Å². The number of ether oxygens (including phenoxy) is 1. The predicted molar refractivity (Wildman–Crippen MR) is 62.4 cm³/mol. The number of aliphatic hydroxyl groups is 1. The highest BCUT2D eigenvalue weighted by molar-refractivity contribution is 9.11. The van der Waals surface area contributed by atoms with Crippen molar-refractivity contribution in [1.82, 2.24) is 5.32 Å². The summed E-state index contributed by atoms with van der Waals surface area (Å²) in [6, 6.07) is 0.599. The van der Waals surface area contributed by atoms with E-state index in [-0.39, 0.29) is 0 Å². The largest absolute Gasteiger partial charge is 0.467 e. The molecule has 0 aliphatic carbocycles. The number of hydrogen-bond donors (Lipinski definition) is 2. The molecule has 0 saturated heterocycles. The number of halogens is 1. The molecule has 1 heterocycles. The van der Waals surface area contributed by atoms with Gasteiger partial charge in [0.05, 0.1) is 23.1 Å². The van der Waals surface area contributed by atoms with E-state index in [2.05, 4.69) is 26.0 Å². The Morgan fingerprint density at radius 1 is 1.69 bits per heavy atom. The molecule has 5 nitrogen and oxygen atoms in total. The van der Waals surface area contributed by atoms with Gasteiger partial charge in [0.25, 0.3) is 5.91 Å². The maximum Gasteiger partial charge on any atom is 0.330 e. The van der Waals surface area contributed by atoms with Crippen LogP contribution in [0.2, 0.25) is 0 Å². The van der Waals surface area contributed by atoms with E-state index in [4.69, 9.17) is 5.11 Å². The molecule has 16 heavy (non-hydrogen) atoms. The van der Waals surface area contributed by atoms with Gasteiger partial charge < -0.3 is 15.2 Å². The summed E-state index contributed by atoms with van der Waals surface area (Å²) < 4.78 is 5.24. The van der Waals surface area contributed by atoms with Gasteiger partial charge in [0.2, 0.25) is 0 Å². The molecule has 0 radical (unpaired) electrons. The smallest absolute Gasteiger partial charge is 0.330 e. The van der Waals surface area contributed by atoms with E-state index in [1.54, 1.807) is 11.4 Å². The number of nitrogens with one attached hydrogen (secondary N) is 1. The monoisotopic (exact) mass is 307 g/mol. The highest BCUT2D eigenvalue weighted by Crippen LogP contribution is 2.20. The molecule has 0 fully saturated rings. The maximum atomic E-state index is 11.6. The minimum Gasteiger partial charge on any atom is -0.467 e. The molecule has 1 aromatic rings. The highest BCUT2D eigenvalue weighted by atomic mass is 79.9. The second-order valence-electron chi connectivity index (χ2n) is 2.87. The van der Waals surface area contributed by atoms with E-state index in [1.165, 1.54) is 18.4 Å². The lowest BCUT2D eigenvalue weighted by atomic mass is 10.2. The van der Waals surface area contributed by atoms with Crippen LogP contribution in [0.5, 0.6) is 0 Å². The summed E-state index contributed by atoms with van der Waals surface area (Å²) >= 11 is 4.58. The lowest BCUT2D eigenvalue weighted by molar-refractivity contribution is -0.143. The van der Waals surface area contributed by atoms with E-state index in [1.807, 2.05) is 0 Å². The second-order valence-corrected chi connectivity index (χ2v) is 5.16. The minimum atomic E-state index is -1.03. The van der Waals surface area contributed by atoms with E-state index < -0.39 is 24.5 Å². The van der Waals surface area contributed by atoms with E-state index in [0.29, 0.717) is 5.56 Å². The summed E-state index contributed by atoms with van der Waals surface area (Å²) in [6.45, 7) is -0.496. The van der Waals surface area contributed by atoms with Crippen LogP contribution in [0.3, 0.4) is 0 Å². The summed E-state index contributed by atoms with van der Waals surface area (Å²) in [5.41, 5.74) is 0.430. The van der Waals surface area contributed by atoms with Gasteiger partial charge in [-0.25, -0.2) is 4.79 Å². The van der Waals surface area contributed by atoms with Crippen LogP contribution in [0.1, 0.15) is 10.4 Å². The van der Waals surface area contributed by atoms with E-state index >= 15 is 0 Å². The zero-order chi connectivity index (χ0) is 12.1. The zero-order valence-corrected chi connectivity index (χ0v) is 10.8. The van der Waals surface area contributed by atoms with Crippen molar-refractivity contribution in [1.29, 1.82) is 0 Å². The Labute approximate surface area is 105 Å². The van der Waals surface area contributed by atoms with Crippen molar-refractivity contribution in [2.24, 2.45) is 0 Å². The molecule has 7 heteroatoms. The van der Waals surface area contributed by atoms with E-state index in [9.17, 15) is 9.59 Å². The average Bonchev–Trinajstić information content (AvgIpc) is 2.71. The van der Waals surface area contributed by atoms with Crippen molar-refractivity contribution in [3.63, 3.8) is 0 Å². The summed E-state index contributed by atoms with van der Waals surface area (Å²) in [5.74, 6) is -1.10. The fourth-order valence-electron chi connectivity index (χ4n) is 0.992. The Hall–Kier alpha value is -0.920. The van der Waals surface area contributed by atoms with Crippen molar-refractivity contribution < 1.29 is 19.4 Å². The number of aliphatic hydroxyl groups excluding tert-OH is 1. The molecular formula is C9H10BrNO4S. The summed E-state index contributed by atoms with van der Waals surface area (Å²) in [5, 5.41) is 12.9. The van der Waals surface area contributed by atoms with Gasteiger partial charge >= 0.3 is 5.97 Å². The molecule has 1 aromatic heterocycles. The van der Waals surface area contributed by atoms with Crippen LogP contribution in [0.4, 0.5) is 0 Å². The standard InChI is InChI=1S/C9H10BrNO4S/c1-15-9(14)6(3-12)11-8(13)5-2-7(10)16-4-5/h2,4,6,12H,3H2,1H3,(H,11,13). The quantitative estimate of drug-likeness (QED) is 0.806. The summed E-state index contributed by atoms with van der Waals surface area (Å²) in [4.78, 5) is 22.7. The van der Waals surface area contributed by atoms with Crippen molar-refractivity contribution in [3.05, 3.63) is 20.8 Å². The molecule has 0 saturated carbocycles. The predicted octanol–water partition coefficient (Wildman–Crippen LogP) is 0.774. The Kier molecular flexibility index (Phi) is 4.91. The highest BCUT2D eigenvalue weighted by Gasteiger charge is 2.21. The maximum absolute atomic E-state index is 11.6. The molecule has 1 rings (SSSR count). The van der Waals surface area contributed by atoms with Crippen LogP contribution in [-0.4, -0.2) is 36.7 Å². The van der Waals surface area contributed by atoms with Crippen molar-refractivity contribution in [2.45, 2.75) is 6.04 Å². The van der Waals surface area contributed by atoms with Crippen LogP contribution in [0.25, 0.3) is 0 Å². The number of thiophene rings is 1. The summed E-state index contributed by atoms with van der Waals surface area (Å²) in [7, 11) is 1.19. The molecular weight excluding hydrogens is 298 g/mol. The van der Waals surface area contributed by atoms with Crippen LogP contribution < -0.4 is 5.32 Å². The van der Waals surface area contributed by atoms with Gasteiger partial charge in [0.15, 0.2) is 6.04 Å². The van der Waals surface area contributed by atoms with Crippen molar-refractivity contribution in [2.75, 3.05) is 13.7 Å². The number of amides is 1. The van der Waals surface area contributed by atoms with Crippen molar-refractivity contribution in [3.8, 4) is 0 Å². The zero-order valence-electron chi connectivity index (χ0n) is 8.40. The lowest BCUT2D eigenvalue weighted by Gasteiger charge is -2.12. The molecule has 88 valence electrons. The first kappa shape index (κ1) is 13.1. The topological polar surface area (TPSA) is 75.6 Å². The molecule has 0 aliphatic heterocycles. The molecule has 0 aliphatic rings. The first-order chi connectivity index (χ1) is 7.58. The van der Waals surface area contributed by atoms with Gasteiger partial charge in [-0.05, 0) is 22.0 Å². The normalized spacial score (nSPS) is 11.9. The van der Waals surface area contributed by atoms with Gasteiger partial charge in [0.1, 0.15) is 0 Å². The van der Waals surface area contributed by atoms with Gasteiger partial charge in [-0.15, -0.1) is 11.3 Å². The first-order valence-corrected chi connectivity index (χ1v) is 5.99. The first-order valence-electron chi connectivity index (χ1n) is 4.32. The van der Waals surface area contributed by atoms with Crippen LogP contribution in [0, 0.1) is 0 Å². The Morgan fingerprint density at radius 2 is 2.38 bits per heavy atom.